The fourth-order valence-electron chi connectivity index (χ4n) is 2.34. The highest BCUT2D eigenvalue weighted by atomic mass is 16.5. The highest BCUT2D eigenvalue weighted by Crippen LogP contribution is 2.40. The molecule has 4 heteroatoms. The highest BCUT2D eigenvalue weighted by molar-refractivity contribution is 5.84. The predicted molar refractivity (Wildman–Crippen MR) is 78.3 cm³/mol. The second-order valence-electron chi connectivity index (χ2n) is 5.94. The summed E-state index contributed by atoms with van der Waals surface area (Å²) in [6.07, 6.45) is 2.30. The average Bonchev–Trinajstić information content (AvgIpc) is 3.19. The van der Waals surface area contributed by atoms with E-state index in [1.807, 2.05) is 32.0 Å². The maximum atomic E-state index is 12.4. The number of hydrogen-bond acceptors (Lipinski definition) is 3. The quantitative estimate of drug-likeness (QED) is 0.869. The van der Waals surface area contributed by atoms with Crippen molar-refractivity contribution in [2.75, 3.05) is 6.61 Å². The molecule has 1 aromatic heterocycles. The van der Waals surface area contributed by atoms with Crippen LogP contribution in [0.3, 0.4) is 0 Å². The van der Waals surface area contributed by atoms with E-state index in [1.165, 1.54) is 0 Å². The van der Waals surface area contributed by atoms with Crippen molar-refractivity contribution in [3.63, 3.8) is 0 Å². The van der Waals surface area contributed by atoms with Gasteiger partial charge in [-0.15, -0.1) is 0 Å². The third kappa shape index (κ3) is 3.57. The molecular formula is C16H24N2O2. The van der Waals surface area contributed by atoms with Gasteiger partial charge in [-0.3, -0.25) is 9.78 Å². The molecule has 1 atom stereocenters. The monoisotopic (exact) mass is 276 g/mol. The first-order chi connectivity index (χ1) is 9.44. The summed E-state index contributed by atoms with van der Waals surface area (Å²) in [4.78, 5) is 17.0. The molecule has 1 amide bonds. The van der Waals surface area contributed by atoms with Gasteiger partial charge in [0.15, 0.2) is 0 Å². The number of carbonyl (C=O) groups excluding carboxylic acids is 1. The van der Waals surface area contributed by atoms with Crippen LogP contribution in [-0.2, 0) is 9.53 Å². The van der Waals surface area contributed by atoms with Crippen molar-refractivity contribution in [1.29, 1.82) is 0 Å². The fourth-order valence-corrected chi connectivity index (χ4v) is 2.34. The average molecular weight is 276 g/mol. The summed E-state index contributed by atoms with van der Waals surface area (Å²) in [5, 5.41) is 3.12. The summed E-state index contributed by atoms with van der Waals surface area (Å²) in [6, 6.07) is 5.96. The zero-order chi connectivity index (χ0) is 14.8. The minimum Gasteiger partial charge on any atom is -0.366 e. The minimum absolute atomic E-state index is 0.00197. The Morgan fingerprint density at radius 3 is 2.75 bits per heavy atom. The third-order valence-corrected chi connectivity index (χ3v) is 3.66. The molecule has 0 aromatic carbocycles. The number of nitrogens with zero attached hydrogens (tertiary/aromatic N) is 1. The van der Waals surface area contributed by atoms with Gasteiger partial charge in [-0.1, -0.05) is 6.07 Å². The lowest BCUT2D eigenvalue weighted by atomic mass is 10.0. The summed E-state index contributed by atoms with van der Waals surface area (Å²) < 4.78 is 5.52. The summed E-state index contributed by atoms with van der Waals surface area (Å²) in [5.41, 5.74) is 1.13. The lowest BCUT2D eigenvalue weighted by molar-refractivity contribution is -0.143. The van der Waals surface area contributed by atoms with Gasteiger partial charge in [-0.25, -0.2) is 0 Å². The van der Waals surface area contributed by atoms with Crippen molar-refractivity contribution < 1.29 is 9.53 Å². The Balaban J connectivity index is 2.13. The summed E-state index contributed by atoms with van der Waals surface area (Å²) in [6.45, 7) is 8.01. The van der Waals surface area contributed by atoms with Crippen molar-refractivity contribution in [1.82, 2.24) is 10.3 Å². The van der Waals surface area contributed by atoms with Crippen LogP contribution in [0, 0.1) is 12.8 Å². The van der Waals surface area contributed by atoms with E-state index in [4.69, 9.17) is 4.74 Å². The molecule has 0 spiro atoms. The number of hydrogen-bond donors (Lipinski definition) is 1. The van der Waals surface area contributed by atoms with Crippen LogP contribution >= 0.6 is 0 Å². The Morgan fingerprint density at radius 1 is 1.50 bits per heavy atom. The Morgan fingerprint density at radius 2 is 2.20 bits per heavy atom. The van der Waals surface area contributed by atoms with E-state index in [2.05, 4.69) is 10.3 Å². The van der Waals surface area contributed by atoms with Crippen molar-refractivity contribution in [3.8, 4) is 0 Å². The third-order valence-electron chi connectivity index (χ3n) is 3.66. The van der Waals surface area contributed by atoms with Crippen LogP contribution in [0.5, 0.6) is 0 Å². The van der Waals surface area contributed by atoms with Crippen LogP contribution < -0.4 is 5.32 Å². The Labute approximate surface area is 120 Å². The van der Waals surface area contributed by atoms with Crippen LogP contribution in [0.1, 0.15) is 51.0 Å². The summed E-state index contributed by atoms with van der Waals surface area (Å²) in [5.74, 6) is 0.435. The molecule has 20 heavy (non-hydrogen) atoms. The van der Waals surface area contributed by atoms with E-state index in [-0.39, 0.29) is 11.9 Å². The largest absolute Gasteiger partial charge is 0.366 e. The molecule has 1 N–H and O–H groups in total. The molecule has 4 nitrogen and oxygen atoms in total. The summed E-state index contributed by atoms with van der Waals surface area (Å²) >= 11 is 0. The van der Waals surface area contributed by atoms with Gasteiger partial charge in [0.05, 0.1) is 11.7 Å². The smallest absolute Gasteiger partial charge is 0.252 e. The zero-order valence-corrected chi connectivity index (χ0v) is 12.8. The first-order valence-corrected chi connectivity index (χ1v) is 7.32. The lowest BCUT2D eigenvalue weighted by Crippen LogP contribution is -2.46. The van der Waals surface area contributed by atoms with Gasteiger partial charge < -0.3 is 10.1 Å². The number of aryl methyl sites for hydroxylation is 1. The van der Waals surface area contributed by atoms with Crippen molar-refractivity contribution in [3.05, 3.63) is 29.6 Å². The molecule has 0 bridgehead atoms. The van der Waals surface area contributed by atoms with Gasteiger partial charge in [0.2, 0.25) is 0 Å². The second kappa shape index (κ2) is 5.92. The van der Waals surface area contributed by atoms with E-state index in [0.29, 0.717) is 12.5 Å². The standard InChI is InChI=1S/C16H24N2O2/c1-5-20-16(3,4)15(19)18-14(12-9-10-12)13-8-6-7-11(2)17-13/h6-8,12,14H,5,9-10H2,1-4H3,(H,18,19). The van der Waals surface area contributed by atoms with Crippen LogP contribution in [0.15, 0.2) is 18.2 Å². The van der Waals surface area contributed by atoms with Gasteiger partial charge in [0, 0.05) is 12.3 Å². The van der Waals surface area contributed by atoms with Gasteiger partial charge in [-0.2, -0.15) is 0 Å². The Hall–Kier alpha value is -1.42. The molecule has 1 heterocycles. The molecule has 1 aromatic rings. The molecule has 1 aliphatic carbocycles. The Bertz CT molecular complexity index is 481. The van der Waals surface area contributed by atoms with Gasteiger partial charge >= 0.3 is 0 Å². The molecule has 2 rings (SSSR count). The minimum atomic E-state index is -0.800. The predicted octanol–water partition coefficient (Wildman–Crippen LogP) is 2.77. The number of aromatic nitrogens is 1. The van der Waals surface area contributed by atoms with E-state index >= 15 is 0 Å². The number of nitrogens with one attached hydrogen (secondary N) is 1. The molecule has 1 aliphatic rings. The SMILES string of the molecule is CCOC(C)(C)C(=O)NC(c1cccc(C)n1)C1CC1. The molecule has 0 saturated heterocycles. The van der Waals surface area contributed by atoms with Gasteiger partial charge in [0.1, 0.15) is 5.60 Å². The van der Waals surface area contributed by atoms with Crippen LogP contribution in [0.2, 0.25) is 0 Å². The van der Waals surface area contributed by atoms with E-state index in [9.17, 15) is 4.79 Å². The number of carbonyl (C=O) groups is 1. The van der Waals surface area contributed by atoms with E-state index in [1.54, 1.807) is 13.8 Å². The zero-order valence-electron chi connectivity index (χ0n) is 12.8. The second-order valence-corrected chi connectivity index (χ2v) is 5.94. The first-order valence-electron chi connectivity index (χ1n) is 7.32. The molecule has 110 valence electrons. The molecular weight excluding hydrogens is 252 g/mol. The lowest BCUT2D eigenvalue weighted by Gasteiger charge is -2.27. The number of ether oxygens (including phenoxy) is 1. The molecule has 0 radical (unpaired) electrons. The molecule has 1 unspecified atom stereocenters. The number of amides is 1. The van der Waals surface area contributed by atoms with Crippen molar-refractivity contribution >= 4 is 5.91 Å². The van der Waals surface area contributed by atoms with Crippen LogP contribution in [0.4, 0.5) is 0 Å². The first kappa shape index (κ1) is 15.0. The molecule has 1 saturated carbocycles. The van der Waals surface area contributed by atoms with Crippen molar-refractivity contribution in [2.45, 2.75) is 52.2 Å². The fraction of sp³-hybridized carbons (Fsp3) is 0.625. The van der Waals surface area contributed by atoms with E-state index < -0.39 is 5.60 Å². The summed E-state index contributed by atoms with van der Waals surface area (Å²) in [7, 11) is 0. The highest BCUT2D eigenvalue weighted by Gasteiger charge is 2.37. The number of rotatable bonds is 6. The van der Waals surface area contributed by atoms with Crippen LogP contribution in [-0.4, -0.2) is 23.1 Å². The van der Waals surface area contributed by atoms with E-state index in [0.717, 1.165) is 24.2 Å². The Kier molecular flexibility index (Phi) is 4.43. The normalized spacial score (nSPS) is 16.8. The van der Waals surface area contributed by atoms with Crippen molar-refractivity contribution in [2.24, 2.45) is 5.92 Å². The topological polar surface area (TPSA) is 51.2 Å². The van der Waals surface area contributed by atoms with Gasteiger partial charge in [-0.05, 0) is 58.6 Å². The maximum Gasteiger partial charge on any atom is 0.252 e. The molecule has 0 aliphatic heterocycles. The van der Waals surface area contributed by atoms with Crippen LogP contribution in [0.25, 0.3) is 0 Å². The van der Waals surface area contributed by atoms with Gasteiger partial charge in [0.25, 0.3) is 5.91 Å². The molecule has 1 fully saturated rings. The maximum absolute atomic E-state index is 12.4. The number of pyridine rings is 1.